The number of urea groups is 1. The van der Waals surface area contributed by atoms with Crippen molar-refractivity contribution in [3.05, 3.63) is 66.2 Å². The van der Waals surface area contributed by atoms with Crippen LogP contribution in [0.3, 0.4) is 0 Å². The van der Waals surface area contributed by atoms with Gasteiger partial charge in [-0.1, -0.05) is 55.5 Å². The third-order valence-corrected chi connectivity index (χ3v) is 7.23. The summed E-state index contributed by atoms with van der Waals surface area (Å²) in [5, 5.41) is 13.2. The molecule has 0 spiro atoms. The quantitative estimate of drug-likeness (QED) is 0.329. The number of carboxylic acids is 1. The molecule has 226 valence electrons. The number of halogens is 3. The number of nitrogens with zero attached hydrogens (tertiary/aromatic N) is 2. The normalized spacial score (nSPS) is 23.0. The second-order valence-electron chi connectivity index (χ2n) is 9.80. The maximum absolute atomic E-state index is 13.6. The monoisotopic (exact) mass is 592 g/mol. The Morgan fingerprint density at radius 1 is 1.05 bits per heavy atom. The number of nitrogens with one attached hydrogen (secondary N) is 2. The summed E-state index contributed by atoms with van der Waals surface area (Å²) in [5.74, 6) is -5.80. The molecule has 4 amide bonds. The molecule has 2 aromatic carbocycles. The lowest BCUT2D eigenvalue weighted by Crippen LogP contribution is -2.58. The van der Waals surface area contributed by atoms with Crippen LogP contribution in [-0.2, 0) is 30.5 Å². The topological polar surface area (TPSA) is 145 Å². The van der Waals surface area contributed by atoms with Gasteiger partial charge in [0.25, 0.3) is 0 Å². The highest BCUT2D eigenvalue weighted by Gasteiger charge is 2.67. The summed E-state index contributed by atoms with van der Waals surface area (Å²) in [6, 6.07) is 17.3. The fourth-order valence-electron chi connectivity index (χ4n) is 5.22. The lowest BCUT2D eigenvalue weighted by Gasteiger charge is -2.32. The molecule has 42 heavy (non-hydrogen) atoms. The summed E-state index contributed by atoms with van der Waals surface area (Å²) < 4.78 is 36.8. The first-order chi connectivity index (χ1) is 19.8. The summed E-state index contributed by atoms with van der Waals surface area (Å²) >= 11 is 0. The molecule has 14 heteroatoms. The number of carbonyl (C=O) groups is 5. The molecule has 0 aliphatic carbocycles. The molecule has 0 aromatic heterocycles. The van der Waals surface area contributed by atoms with Crippen LogP contribution in [0.1, 0.15) is 18.9 Å². The van der Waals surface area contributed by atoms with Gasteiger partial charge in [-0.05, 0) is 24.1 Å². The van der Waals surface area contributed by atoms with Crippen LogP contribution in [0.25, 0.3) is 0 Å². The molecule has 2 heterocycles. The number of amides is 4. The second kappa shape index (κ2) is 13.0. The number of likely N-dealkylation sites (N-methyl/N-ethyl adjacent to an activating group) is 1. The highest BCUT2D eigenvalue weighted by atomic mass is 19.4. The number of carboxylic acid groups (broad SMARTS) is 1. The number of methoxy groups -OCH3 is 1. The van der Waals surface area contributed by atoms with E-state index in [9.17, 15) is 32.3 Å². The van der Waals surface area contributed by atoms with E-state index in [-0.39, 0.29) is 31.4 Å². The van der Waals surface area contributed by atoms with E-state index in [4.69, 9.17) is 14.6 Å². The Morgan fingerprint density at radius 2 is 1.60 bits per heavy atom. The van der Waals surface area contributed by atoms with Crippen LogP contribution in [0.5, 0.6) is 0 Å². The van der Waals surface area contributed by atoms with Gasteiger partial charge in [0.15, 0.2) is 0 Å². The molecule has 4 atom stereocenters. The van der Waals surface area contributed by atoms with Gasteiger partial charge in [-0.3, -0.25) is 24.6 Å². The predicted octanol–water partition coefficient (Wildman–Crippen LogP) is 2.88. The minimum Gasteiger partial charge on any atom is -0.475 e. The van der Waals surface area contributed by atoms with Crippen molar-refractivity contribution in [2.45, 2.75) is 37.6 Å². The third kappa shape index (κ3) is 6.70. The standard InChI is InChI=1S/C26H30N4O5.C2HF3O2/c1-4-26(24(33)35-3)21-20(22(31)30(23(21)32)15-17-11-7-5-8-12-17)19(28-26)16-29(2)25(34)27-18-13-9-6-10-14-18;3-2(4,5)1(6)7/h5-14,19-21,28H,4,15-16H2,1-3H3,(H,27,34);(H,6,7)/t19-,20+,21-,26-;/m1./s1. The average molecular weight is 593 g/mol. The number of alkyl halides is 3. The van der Waals surface area contributed by atoms with Crippen molar-refractivity contribution in [3.8, 4) is 0 Å². The van der Waals surface area contributed by atoms with Crippen molar-refractivity contribution < 1.29 is 47.0 Å². The summed E-state index contributed by atoms with van der Waals surface area (Å²) in [4.78, 5) is 64.5. The van der Waals surface area contributed by atoms with Crippen LogP contribution in [0.4, 0.5) is 23.7 Å². The molecule has 2 fully saturated rings. The smallest absolute Gasteiger partial charge is 0.475 e. The van der Waals surface area contributed by atoms with Crippen LogP contribution in [0.15, 0.2) is 60.7 Å². The predicted molar refractivity (Wildman–Crippen MR) is 143 cm³/mol. The maximum atomic E-state index is 13.6. The zero-order valence-corrected chi connectivity index (χ0v) is 23.1. The number of rotatable bonds is 7. The molecule has 2 aliphatic heterocycles. The number of carbonyl (C=O) groups excluding carboxylic acids is 4. The van der Waals surface area contributed by atoms with Gasteiger partial charge in [-0.15, -0.1) is 0 Å². The van der Waals surface area contributed by atoms with Crippen LogP contribution in [0.2, 0.25) is 0 Å². The molecule has 4 rings (SSSR count). The molecule has 0 radical (unpaired) electrons. The first-order valence-corrected chi connectivity index (χ1v) is 12.9. The Labute approximate surface area is 239 Å². The van der Waals surface area contributed by atoms with Crippen molar-refractivity contribution >= 4 is 35.5 Å². The minimum atomic E-state index is -5.08. The average Bonchev–Trinajstić information content (AvgIpc) is 3.42. The van der Waals surface area contributed by atoms with Crippen LogP contribution < -0.4 is 10.6 Å². The Hall–Kier alpha value is -4.46. The van der Waals surface area contributed by atoms with Gasteiger partial charge in [0.2, 0.25) is 11.8 Å². The lowest BCUT2D eigenvalue weighted by atomic mass is 9.78. The van der Waals surface area contributed by atoms with Crippen molar-refractivity contribution in [1.82, 2.24) is 15.1 Å². The SMILES string of the molecule is CC[C@@]1(C(=O)OC)N[C@H](CN(C)C(=O)Nc2ccccc2)[C@@H]2C(=O)N(Cc3ccccc3)C(=O)[C@@H]21.O=C(O)C(F)(F)F. The summed E-state index contributed by atoms with van der Waals surface area (Å²) in [5.41, 5.74) is 0.109. The third-order valence-electron chi connectivity index (χ3n) is 7.23. The molecular weight excluding hydrogens is 561 g/mol. The molecule has 3 N–H and O–H groups in total. The van der Waals surface area contributed by atoms with E-state index in [1.165, 1.54) is 16.9 Å². The molecular formula is C28H31F3N4O7. The first kappa shape index (κ1) is 32.1. The first-order valence-electron chi connectivity index (χ1n) is 12.9. The highest BCUT2D eigenvalue weighted by molar-refractivity contribution is 6.09. The Kier molecular flexibility index (Phi) is 9.94. The van der Waals surface area contributed by atoms with Gasteiger partial charge < -0.3 is 20.1 Å². The fraction of sp³-hybridized carbons (Fsp3) is 0.393. The van der Waals surface area contributed by atoms with Crippen LogP contribution in [-0.4, -0.2) is 83.1 Å². The van der Waals surface area contributed by atoms with E-state index in [1.807, 2.05) is 48.5 Å². The number of para-hydroxylation sites is 1. The fourth-order valence-corrected chi connectivity index (χ4v) is 5.22. The molecule has 2 saturated heterocycles. The van der Waals surface area contributed by atoms with Crippen molar-refractivity contribution in [2.24, 2.45) is 11.8 Å². The number of aliphatic carboxylic acids is 1. The maximum Gasteiger partial charge on any atom is 0.490 e. The number of hydrogen-bond donors (Lipinski definition) is 3. The van der Waals surface area contributed by atoms with Gasteiger partial charge in [0.05, 0.1) is 25.5 Å². The second-order valence-corrected chi connectivity index (χ2v) is 9.80. The van der Waals surface area contributed by atoms with E-state index < -0.39 is 47.4 Å². The van der Waals surface area contributed by atoms with Crippen LogP contribution in [0, 0.1) is 11.8 Å². The number of hydrogen-bond acceptors (Lipinski definition) is 7. The Bertz CT molecular complexity index is 1310. The van der Waals surface area contributed by atoms with Crippen molar-refractivity contribution in [1.29, 1.82) is 0 Å². The van der Waals surface area contributed by atoms with Gasteiger partial charge >= 0.3 is 24.1 Å². The van der Waals surface area contributed by atoms with Gasteiger partial charge in [-0.25, -0.2) is 9.59 Å². The number of imide groups is 1. The van der Waals surface area contributed by atoms with E-state index in [1.54, 1.807) is 26.1 Å². The zero-order chi connectivity index (χ0) is 31.2. The molecule has 11 nitrogen and oxygen atoms in total. The van der Waals surface area contributed by atoms with Crippen LogP contribution >= 0.6 is 0 Å². The van der Waals surface area contributed by atoms with E-state index >= 15 is 0 Å². The summed E-state index contributed by atoms with van der Waals surface area (Å²) in [7, 11) is 2.88. The summed E-state index contributed by atoms with van der Waals surface area (Å²) in [6.07, 6.45) is -4.82. The van der Waals surface area contributed by atoms with Gasteiger partial charge in [-0.2, -0.15) is 13.2 Å². The number of likely N-dealkylation sites (tertiary alicyclic amines) is 1. The number of fused-ring (bicyclic) bond motifs is 1. The number of esters is 1. The molecule has 2 aromatic rings. The molecule has 0 saturated carbocycles. The number of benzene rings is 2. The lowest BCUT2D eigenvalue weighted by molar-refractivity contribution is -0.192. The molecule has 0 unspecified atom stereocenters. The zero-order valence-electron chi connectivity index (χ0n) is 23.1. The van der Waals surface area contributed by atoms with Gasteiger partial charge in [0, 0.05) is 25.3 Å². The van der Waals surface area contributed by atoms with E-state index in [0.29, 0.717) is 5.69 Å². The van der Waals surface area contributed by atoms with Gasteiger partial charge in [0.1, 0.15) is 5.54 Å². The summed E-state index contributed by atoms with van der Waals surface area (Å²) in [6.45, 7) is 2.03. The Balaban J connectivity index is 0.000000616. The minimum absolute atomic E-state index is 0.122. The molecule has 2 aliphatic rings. The number of anilines is 1. The Morgan fingerprint density at radius 3 is 2.10 bits per heavy atom. The highest BCUT2D eigenvalue weighted by Crippen LogP contribution is 2.45. The van der Waals surface area contributed by atoms with E-state index in [0.717, 1.165) is 5.56 Å². The van der Waals surface area contributed by atoms with Crippen molar-refractivity contribution in [2.75, 3.05) is 26.0 Å². The van der Waals surface area contributed by atoms with Crippen molar-refractivity contribution in [3.63, 3.8) is 0 Å². The van der Waals surface area contributed by atoms with E-state index in [2.05, 4.69) is 10.6 Å². The largest absolute Gasteiger partial charge is 0.490 e. The molecule has 0 bridgehead atoms. The number of ether oxygens (including phenoxy) is 1.